The lowest BCUT2D eigenvalue weighted by Gasteiger charge is -2.34. The summed E-state index contributed by atoms with van der Waals surface area (Å²) in [4.78, 5) is 33.6. The van der Waals surface area contributed by atoms with Crippen LogP contribution in [0.1, 0.15) is 15.9 Å². The number of carbonyl (C=O) groups excluding carboxylic acids is 1. The second-order valence-corrected chi connectivity index (χ2v) is 6.89. The third-order valence-electron chi connectivity index (χ3n) is 4.49. The number of thiophene rings is 1. The molecule has 0 aliphatic carbocycles. The quantitative estimate of drug-likeness (QED) is 0.719. The van der Waals surface area contributed by atoms with E-state index in [4.69, 9.17) is 0 Å². The molecule has 0 atom stereocenters. The fourth-order valence-corrected chi connectivity index (χ4v) is 3.75. The summed E-state index contributed by atoms with van der Waals surface area (Å²) in [5, 5.41) is 4.23. The number of hydrogen-bond donors (Lipinski definition) is 0. The number of hydrogen-bond acceptors (Lipinski definition) is 5. The second-order valence-electron chi connectivity index (χ2n) is 6.11. The largest absolute Gasteiger partial charge is 0.336 e. The van der Waals surface area contributed by atoms with Gasteiger partial charge in [-0.05, 0) is 34.5 Å². The number of pyridine rings is 1. The van der Waals surface area contributed by atoms with E-state index in [-0.39, 0.29) is 17.0 Å². The molecule has 7 heteroatoms. The minimum absolute atomic E-state index is 0.134. The van der Waals surface area contributed by atoms with Crippen molar-refractivity contribution in [1.82, 2.24) is 19.2 Å². The van der Waals surface area contributed by atoms with Crippen molar-refractivity contribution in [2.24, 2.45) is 0 Å². The summed E-state index contributed by atoms with van der Waals surface area (Å²) in [5.74, 6) is -0.231. The van der Waals surface area contributed by atoms with Crippen LogP contribution in [0.3, 0.4) is 0 Å². The van der Waals surface area contributed by atoms with Crippen LogP contribution >= 0.6 is 11.3 Å². The molecule has 0 radical (unpaired) electrons. The molecule has 0 bridgehead atoms. The highest BCUT2D eigenvalue weighted by Gasteiger charge is 2.24. The molecule has 128 valence electrons. The van der Waals surface area contributed by atoms with Gasteiger partial charge in [-0.1, -0.05) is 6.07 Å². The zero-order valence-electron chi connectivity index (χ0n) is 13.7. The van der Waals surface area contributed by atoms with E-state index in [1.807, 2.05) is 6.07 Å². The average molecular weight is 354 g/mol. The Kier molecular flexibility index (Phi) is 4.33. The summed E-state index contributed by atoms with van der Waals surface area (Å²) in [5.41, 5.74) is 1.68. The number of amides is 1. The Morgan fingerprint density at radius 2 is 2.00 bits per heavy atom. The predicted octanol–water partition coefficient (Wildman–Crippen LogP) is 1.71. The van der Waals surface area contributed by atoms with E-state index in [1.165, 1.54) is 16.2 Å². The highest BCUT2D eigenvalue weighted by Crippen LogP contribution is 2.12. The Bertz CT molecular complexity index is 943. The first kappa shape index (κ1) is 16.0. The first-order valence-electron chi connectivity index (χ1n) is 8.21. The third-order valence-corrected chi connectivity index (χ3v) is 5.22. The molecule has 4 heterocycles. The Labute approximate surface area is 149 Å². The lowest BCUT2D eigenvalue weighted by atomic mass is 10.2. The summed E-state index contributed by atoms with van der Waals surface area (Å²) in [7, 11) is 0. The molecule has 1 amide bonds. The lowest BCUT2D eigenvalue weighted by molar-refractivity contribution is 0.0626. The molecule has 0 N–H and O–H groups in total. The van der Waals surface area contributed by atoms with Crippen molar-refractivity contribution >= 4 is 22.9 Å². The maximum atomic E-state index is 12.7. The molecule has 1 aliphatic heterocycles. The van der Waals surface area contributed by atoms with Crippen molar-refractivity contribution < 1.29 is 4.79 Å². The van der Waals surface area contributed by atoms with E-state index in [1.54, 1.807) is 34.6 Å². The van der Waals surface area contributed by atoms with Crippen molar-refractivity contribution in [3.63, 3.8) is 0 Å². The molecule has 3 aromatic heterocycles. The van der Waals surface area contributed by atoms with Gasteiger partial charge in [0.2, 0.25) is 0 Å². The van der Waals surface area contributed by atoms with Crippen LogP contribution in [0, 0.1) is 0 Å². The summed E-state index contributed by atoms with van der Waals surface area (Å²) in [6.45, 7) is 3.78. The summed E-state index contributed by atoms with van der Waals surface area (Å²) in [6, 6.07) is 7.45. The Hall–Kier alpha value is -2.51. The standard InChI is InChI=1S/C18H18N4O2S/c23-17(15-11-19-16-3-1-2-5-22(16)18(15)24)21-8-6-20(7-9-21)12-14-4-10-25-13-14/h1-5,10-11,13H,6-9,12H2. The van der Waals surface area contributed by atoms with Gasteiger partial charge in [-0.25, -0.2) is 4.98 Å². The molecule has 0 saturated carbocycles. The highest BCUT2D eigenvalue weighted by atomic mass is 32.1. The third kappa shape index (κ3) is 3.20. The van der Waals surface area contributed by atoms with Crippen LogP contribution in [0.4, 0.5) is 0 Å². The fraction of sp³-hybridized carbons (Fsp3) is 0.278. The predicted molar refractivity (Wildman–Crippen MR) is 97.0 cm³/mol. The summed E-state index contributed by atoms with van der Waals surface area (Å²) < 4.78 is 1.42. The monoisotopic (exact) mass is 354 g/mol. The number of carbonyl (C=O) groups is 1. The second kappa shape index (κ2) is 6.78. The minimum atomic E-state index is -0.309. The highest BCUT2D eigenvalue weighted by molar-refractivity contribution is 7.07. The molecule has 0 aromatic carbocycles. The van der Waals surface area contributed by atoms with Crippen molar-refractivity contribution in [1.29, 1.82) is 0 Å². The van der Waals surface area contributed by atoms with E-state index < -0.39 is 0 Å². The van der Waals surface area contributed by atoms with Crippen molar-refractivity contribution in [3.8, 4) is 0 Å². The van der Waals surface area contributed by atoms with Gasteiger partial charge >= 0.3 is 0 Å². The van der Waals surface area contributed by atoms with Crippen LogP contribution in [0.2, 0.25) is 0 Å². The fourth-order valence-electron chi connectivity index (χ4n) is 3.09. The van der Waals surface area contributed by atoms with Crippen molar-refractivity contribution in [2.75, 3.05) is 26.2 Å². The number of piperazine rings is 1. The van der Waals surface area contributed by atoms with Gasteiger partial charge in [-0.3, -0.25) is 18.9 Å². The van der Waals surface area contributed by atoms with Gasteiger partial charge in [-0.15, -0.1) is 0 Å². The van der Waals surface area contributed by atoms with Gasteiger partial charge in [0.25, 0.3) is 11.5 Å². The molecular formula is C18H18N4O2S. The van der Waals surface area contributed by atoms with Gasteiger partial charge in [0.15, 0.2) is 0 Å². The zero-order valence-corrected chi connectivity index (χ0v) is 14.5. The number of fused-ring (bicyclic) bond motifs is 1. The van der Waals surface area contributed by atoms with Crippen LogP contribution < -0.4 is 5.56 Å². The van der Waals surface area contributed by atoms with E-state index in [0.29, 0.717) is 18.7 Å². The van der Waals surface area contributed by atoms with Crippen molar-refractivity contribution in [2.45, 2.75) is 6.54 Å². The number of nitrogens with zero attached hydrogens (tertiary/aromatic N) is 4. The smallest absolute Gasteiger partial charge is 0.270 e. The molecule has 3 aromatic rings. The van der Waals surface area contributed by atoms with Gasteiger partial charge in [0.1, 0.15) is 11.2 Å². The molecule has 4 rings (SSSR count). The SMILES string of the molecule is O=C(c1cnc2ccccn2c1=O)N1CCN(Cc2ccsc2)CC1. The first-order chi connectivity index (χ1) is 12.2. The minimum Gasteiger partial charge on any atom is -0.336 e. The van der Waals surface area contributed by atoms with Crippen LogP contribution in [0.25, 0.3) is 5.65 Å². The Balaban J connectivity index is 1.47. The normalized spacial score (nSPS) is 15.6. The number of aromatic nitrogens is 2. The average Bonchev–Trinajstić information content (AvgIpc) is 3.15. The summed E-state index contributed by atoms with van der Waals surface area (Å²) in [6.07, 6.45) is 3.04. The Morgan fingerprint density at radius 1 is 1.16 bits per heavy atom. The van der Waals surface area contributed by atoms with Gasteiger partial charge < -0.3 is 4.90 Å². The number of rotatable bonds is 3. The molecule has 1 fully saturated rings. The van der Waals surface area contributed by atoms with Gasteiger partial charge in [0.05, 0.1) is 0 Å². The maximum absolute atomic E-state index is 12.7. The molecular weight excluding hydrogens is 336 g/mol. The molecule has 6 nitrogen and oxygen atoms in total. The zero-order chi connectivity index (χ0) is 17.2. The van der Waals surface area contributed by atoms with E-state index >= 15 is 0 Å². The summed E-state index contributed by atoms with van der Waals surface area (Å²) >= 11 is 1.70. The van der Waals surface area contributed by atoms with Crippen LogP contribution in [-0.2, 0) is 6.54 Å². The van der Waals surface area contributed by atoms with E-state index in [2.05, 4.69) is 26.7 Å². The van der Waals surface area contributed by atoms with Gasteiger partial charge in [-0.2, -0.15) is 11.3 Å². The topological polar surface area (TPSA) is 57.9 Å². The molecule has 25 heavy (non-hydrogen) atoms. The first-order valence-corrected chi connectivity index (χ1v) is 9.16. The van der Waals surface area contributed by atoms with Crippen LogP contribution in [-0.4, -0.2) is 51.3 Å². The molecule has 1 saturated heterocycles. The maximum Gasteiger partial charge on any atom is 0.270 e. The lowest BCUT2D eigenvalue weighted by Crippen LogP contribution is -2.49. The molecule has 1 aliphatic rings. The van der Waals surface area contributed by atoms with E-state index in [9.17, 15) is 9.59 Å². The van der Waals surface area contributed by atoms with Gasteiger partial charge in [0, 0.05) is 45.1 Å². The van der Waals surface area contributed by atoms with E-state index in [0.717, 1.165) is 19.6 Å². The van der Waals surface area contributed by atoms with Crippen LogP contribution in [0.5, 0.6) is 0 Å². The Morgan fingerprint density at radius 3 is 2.76 bits per heavy atom. The molecule has 0 spiro atoms. The molecule has 0 unspecified atom stereocenters. The van der Waals surface area contributed by atoms with Crippen molar-refractivity contribution in [3.05, 3.63) is 68.9 Å². The van der Waals surface area contributed by atoms with Crippen LogP contribution in [0.15, 0.2) is 52.2 Å².